The molecule has 0 radical (unpaired) electrons. The van der Waals surface area contributed by atoms with Gasteiger partial charge >= 0.3 is 0 Å². The van der Waals surface area contributed by atoms with E-state index in [4.69, 9.17) is 34.3 Å². The number of halogens is 1. The first kappa shape index (κ1) is 13.1. The molecule has 1 aromatic carbocycles. The van der Waals surface area contributed by atoms with E-state index < -0.39 is 6.10 Å². The lowest BCUT2D eigenvalue weighted by molar-refractivity contribution is -0.132. The zero-order valence-corrected chi connectivity index (χ0v) is 11.4. The van der Waals surface area contributed by atoms with Crippen molar-refractivity contribution in [2.75, 3.05) is 13.6 Å². The molecule has 1 fully saturated rings. The third kappa shape index (κ3) is 2.57. The Balaban J connectivity index is 2.14. The summed E-state index contributed by atoms with van der Waals surface area (Å²) in [6, 6.07) is 5.04. The lowest BCUT2D eigenvalue weighted by atomic mass is 10.2. The smallest absolute Gasteiger partial charge is 0.263 e. The summed E-state index contributed by atoms with van der Waals surface area (Å²) in [6.45, 7) is 0.711. The topological polar surface area (TPSA) is 55.6 Å². The Morgan fingerprint density at radius 1 is 1.61 bits per heavy atom. The number of benzene rings is 1. The van der Waals surface area contributed by atoms with E-state index in [2.05, 4.69) is 0 Å². The average Bonchev–Trinajstić information content (AvgIpc) is 2.61. The van der Waals surface area contributed by atoms with Gasteiger partial charge in [-0.05, 0) is 18.2 Å². The minimum Gasteiger partial charge on any atom is -0.480 e. The van der Waals surface area contributed by atoms with Crippen LogP contribution in [0.3, 0.4) is 0 Å². The highest BCUT2D eigenvalue weighted by Crippen LogP contribution is 2.25. The zero-order chi connectivity index (χ0) is 13.3. The molecule has 1 aliphatic rings. The molecule has 0 spiro atoms. The van der Waals surface area contributed by atoms with E-state index in [1.54, 1.807) is 30.1 Å². The number of ether oxygens (including phenoxy) is 1. The van der Waals surface area contributed by atoms with E-state index in [0.717, 1.165) is 0 Å². The molecular weight excluding hydrogens is 272 g/mol. The molecule has 1 unspecified atom stereocenters. The van der Waals surface area contributed by atoms with Gasteiger partial charge < -0.3 is 15.4 Å². The molecular formula is C12H13ClN2O2S. The van der Waals surface area contributed by atoms with Gasteiger partial charge in [0.15, 0.2) is 6.10 Å². The Labute approximate surface area is 116 Å². The fraction of sp³-hybridized carbons (Fsp3) is 0.333. The number of rotatable bonds is 3. The number of carbonyl (C=O) groups is 1. The maximum absolute atomic E-state index is 11.7. The van der Waals surface area contributed by atoms with Crippen molar-refractivity contribution in [2.45, 2.75) is 12.5 Å². The number of thiocarbonyl (C=S) groups is 1. The molecule has 0 saturated carbocycles. The third-order valence-electron chi connectivity index (χ3n) is 2.86. The van der Waals surface area contributed by atoms with Crippen LogP contribution in [-0.2, 0) is 4.79 Å². The largest absolute Gasteiger partial charge is 0.480 e. The number of amides is 1. The fourth-order valence-corrected chi connectivity index (χ4v) is 2.34. The maximum Gasteiger partial charge on any atom is 0.263 e. The van der Waals surface area contributed by atoms with Crippen molar-refractivity contribution in [3.8, 4) is 5.75 Å². The summed E-state index contributed by atoms with van der Waals surface area (Å²) in [5, 5.41) is 0.429. The first-order valence-corrected chi connectivity index (χ1v) is 6.28. The second-order valence-electron chi connectivity index (χ2n) is 4.16. The molecule has 4 nitrogen and oxygen atoms in total. The Morgan fingerprint density at radius 3 is 2.83 bits per heavy atom. The predicted octanol–water partition coefficient (Wildman–Crippen LogP) is 1.58. The molecule has 2 rings (SSSR count). The molecule has 0 bridgehead atoms. The van der Waals surface area contributed by atoms with Gasteiger partial charge in [0.25, 0.3) is 5.91 Å². The lowest BCUT2D eigenvalue weighted by Gasteiger charge is -2.13. The number of likely N-dealkylation sites (tertiary alicyclic amines) is 1. The van der Waals surface area contributed by atoms with E-state index in [1.165, 1.54) is 0 Å². The molecule has 1 amide bonds. The Bertz CT molecular complexity index is 507. The number of hydrogen-bond donors (Lipinski definition) is 1. The van der Waals surface area contributed by atoms with Gasteiger partial charge in [-0.1, -0.05) is 23.8 Å². The molecule has 2 N–H and O–H groups in total. The summed E-state index contributed by atoms with van der Waals surface area (Å²) in [4.78, 5) is 13.6. The third-order valence-corrected chi connectivity index (χ3v) is 3.40. The van der Waals surface area contributed by atoms with Crippen molar-refractivity contribution in [3.05, 3.63) is 28.8 Å². The van der Waals surface area contributed by atoms with E-state index in [9.17, 15) is 4.79 Å². The van der Waals surface area contributed by atoms with Gasteiger partial charge in [0, 0.05) is 25.6 Å². The van der Waals surface area contributed by atoms with Crippen LogP contribution in [0.4, 0.5) is 0 Å². The van der Waals surface area contributed by atoms with Gasteiger partial charge in [-0.15, -0.1) is 0 Å². The highest BCUT2D eigenvalue weighted by atomic mass is 35.5. The normalized spacial score (nSPS) is 19.1. The van der Waals surface area contributed by atoms with E-state index >= 15 is 0 Å². The van der Waals surface area contributed by atoms with Crippen LogP contribution in [0.25, 0.3) is 0 Å². The SMILES string of the molecule is CN1CCC(Oc2ccc(C(N)=S)c(Cl)c2)C1=O. The van der Waals surface area contributed by atoms with Gasteiger partial charge in [-0.2, -0.15) is 0 Å². The van der Waals surface area contributed by atoms with Crippen LogP contribution < -0.4 is 10.5 Å². The molecule has 1 aliphatic heterocycles. The minimum atomic E-state index is -0.429. The van der Waals surface area contributed by atoms with E-state index in [-0.39, 0.29) is 10.9 Å². The molecule has 1 atom stereocenters. The van der Waals surface area contributed by atoms with Crippen molar-refractivity contribution >= 4 is 34.7 Å². The second kappa shape index (κ2) is 5.12. The van der Waals surface area contributed by atoms with E-state index in [1.807, 2.05) is 0 Å². The molecule has 18 heavy (non-hydrogen) atoms. The molecule has 1 aromatic rings. The van der Waals surface area contributed by atoms with Gasteiger partial charge in [0.1, 0.15) is 10.7 Å². The first-order chi connectivity index (χ1) is 8.49. The minimum absolute atomic E-state index is 0.00968. The maximum atomic E-state index is 11.7. The van der Waals surface area contributed by atoms with Crippen LogP contribution in [0.5, 0.6) is 5.75 Å². The van der Waals surface area contributed by atoms with E-state index in [0.29, 0.717) is 29.3 Å². The van der Waals surface area contributed by atoms with Crippen LogP contribution in [0, 0.1) is 0 Å². The molecule has 96 valence electrons. The van der Waals surface area contributed by atoms with Crippen LogP contribution >= 0.6 is 23.8 Å². The summed E-state index contributed by atoms with van der Waals surface area (Å²) < 4.78 is 5.61. The number of nitrogens with zero attached hydrogens (tertiary/aromatic N) is 1. The predicted molar refractivity (Wildman–Crippen MR) is 74.0 cm³/mol. The monoisotopic (exact) mass is 284 g/mol. The number of hydrogen-bond acceptors (Lipinski definition) is 3. The average molecular weight is 285 g/mol. The summed E-state index contributed by atoms with van der Waals surface area (Å²) in [6.07, 6.45) is 0.256. The highest BCUT2D eigenvalue weighted by Gasteiger charge is 2.30. The quantitative estimate of drug-likeness (QED) is 0.857. The molecule has 1 heterocycles. The summed E-state index contributed by atoms with van der Waals surface area (Å²) >= 11 is 10.9. The fourth-order valence-electron chi connectivity index (χ4n) is 1.83. The number of likely N-dealkylation sites (N-methyl/N-ethyl adjacent to an activating group) is 1. The van der Waals surface area contributed by atoms with Crippen LogP contribution in [-0.4, -0.2) is 35.5 Å². The number of carbonyl (C=O) groups excluding carboxylic acids is 1. The second-order valence-corrected chi connectivity index (χ2v) is 5.01. The van der Waals surface area contributed by atoms with Crippen molar-refractivity contribution in [3.63, 3.8) is 0 Å². The van der Waals surface area contributed by atoms with Crippen LogP contribution in [0.15, 0.2) is 18.2 Å². The van der Waals surface area contributed by atoms with Crippen molar-refractivity contribution < 1.29 is 9.53 Å². The van der Waals surface area contributed by atoms with Crippen molar-refractivity contribution in [2.24, 2.45) is 5.73 Å². The van der Waals surface area contributed by atoms with Gasteiger partial charge in [-0.3, -0.25) is 4.79 Å². The van der Waals surface area contributed by atoms with Crippen molar-refractivity contribution in [1.29, 1.82) is 0 Å². The Hall–Kier alpha value is -1.33. The van der Waals surface area contributed by atoms with Crippen LogP contribution in [0.1, 0.15) is 12.0 Å². The molecule has 1 saturated heterocycles. The van der Waals surface area contributed by atoms with Crippen LogP contribution in [0.2, 0.25) is 5.02 Å². The van der Waals surface area contributed by atoms with Gasteiger partial charge in [0.2, 0.25) is 0 Å². The number of nitrogens with two attached hydrogens (primary N) is 1. The van der Waals surface area contributed by atoms with Crippen molar-refractivity contribution in [1.82, 2.24) is 4.90 Å². The Kier molecular flexibility index (Phi) is 3.73. The Morgan fingerprint density at radius 2 is 2.33 bits per heavy atom. The molecule has 0 aromatic heterocycles. The summed E-state index contributed by atoms with van der Waals surface area (Å²) in [5.41, 5.74) is 6.12. The first-order valence-electron chi connectivity index (χ1n) is 5.50. The van der Waals surface area contributed by atoms with Gasteiger partial charge in [0.05, 0.1) is 5.02 Å². The zero-order valence-electron chi connectivity index (χ0n) is 9.85. The summed E-state index contributed by atoms with van der Waals surface area (Å²) in [7, 11) is 1.76. The summed E-state index contributed by atoms with van der Waals surface area (Å²) in [5.74, 6) is 0.540. The standard InChI is InChI=1S/C12H13ClN2O2S/c1-15-5-4-10(12(15)16)17-7-2-3-8(11(14)18)9(13)6-7/h2-3,6,10H,4-5H2,1H3,(H2,14,18). The molecule has 6 heteroatoms. The highest BCUT2D eigenvalue weighted by molar-refractivity contribution is 7.80. The van der Waals surface area contributed by atoms with Gasteiger partial charge in [-0.25, -0.2) is 0 Å². The lowest BCUT2D eigenvalue weighted by Crippen LogP contribution is -2.29. The molecule has 0 aliphatic carbocycles.